The number of aliphatic hydroxyl groups excluding tert-OH is 1. The van der Waals surface area contributed by atoms with Gasteiger partial charge in [-0.05, 0) is 37.5 Å². The van der Waals surface area contributed by atoms with Crippen molar-refractivity contribution in [3.05, 3.63) is 28.8 Å². The lowest BCUT2D eigenvalue weighted by Crippen LogP contribution is -2.47. The number of anilines is 1. The largest absolute Gasteiger partial charge is 0.396 e. The van der Waals surface area contributed by atoms with Crippen LogP contribution in [0.25, 0.3) is 0 Å². The third-order valence-electron chi connectivity index (χ3n) is 4.04. The molecule has 22 heavy (non-hydrogen) atoms. The Hall–Kier alpha value is -1.59. The van der Waals surface area contributed by atoms with Crippen molar-refractivity contribution in [2.24, 2.45) is 5.92 Å². The Balaban J connectivity index is 1.97. The number of aliphatic hydroxyl groups is 1. The average molecular weight is 325 g/mol. The summed E-state index contributed by atoms with van der Waals surface area (Å²) in [5.74, 6) is -1.41. The Morgan fingerprint density at radius 3 is 2.73 bits per heavy atom. The van der Waals surface area contributed by atoms with E-state index in [9.17, 15) is 14.7 Å². The van der Waals surface area contributed by atoms with E-state index in [0.29, 0.717) is 10.7 Å². The first-order valence-electron chi connectivity index (χ1n) is 7.50. The molecule has 2 atom stereocenters. The summed E-state index contributed by atoms with van der Waals surface area (Å²) in [6.45, 7) is 1.90. The van der Waals surface area contributed by atoms with E-state index >= 15 is 0 Å². The third kappa shape index (κ3) is 4.21. The van der Waals surface area contributed by atoms with Crippen molar-refractivity contribution in [1.82, 2.24) is 5.32 Å². The fourth-order valence-electron chi connectivity index (χ4n) is 2.76. The van der Waals surface area contributed by atoms with Gasteiger partial charge in [0.1, 0.15) is 0 Å². The Bertz CT molecular complexity index is 562. The highest BCUT2D eigenvalue weighted by atomic mass is 35.5. The van der Waals surface area contributed by atoms with E-state index in [4.69, 9.17) is 11.6 Å². The van der Waals surface area contributed by atoms with Gasteiger partial charge in [0.25, 0.3) is 0 Å². The molecule has 0 spiro atoms. The number of nitrogens with one attached hydrogen (secondary N) is 2. The molecule has 0 heterocycles. The topological polar surface area (TPSA) is 78.4 Å². The van der Waals surface area contributed by atoms with Gasteiger partial charge in [-0.2, -0.15) is 0 Å². The molecule has 0 saturated heterocycles. The first kappa shape index (κ1) is 16.8. The van der Waals surface area contributed by atoms with Crippen LogP contribution in [0.3, 0.4) is 0 Å². The molecule has 1 aromatic rings. The number of amides is 2. The van der Waals surface area contributed by atoms with Crippen LogP contribution in [-0.2, 0) is 9.59 Å². The molecule has 0 aromatic heterocycles. The molecular weight excluding hydrogens is 304 g/mol. The van der Waals surface area contributed by atoms with Crippen LogP contribution in [0.5, 0.6) is 0 Å². The standard InChI is InChI=1S/C16H21ClN2O3/c1-10-6-7-12(17)14(8-10)19-16(22)15(21)18-13-5-3-2-4-11(13)9-20/h6-8,11,13,20H,2-5,9H2,1H3,(H,18,21)(H,19,22). The van der Waals surface area contributed by atoms with Crippen LogP contribution < -0.4 is 10.6 Å². The molecule has 1 saturated carbocycles. The number of benzene rings is 1. The van der Waals surface area contributed by atoms with E-state index in [1.165, 1.54) is 0 Å². The van der Waals surface area contributed by atoms with Crippen LogP contribution in [0.1, 0.15) is 31.2 Å². The maximum Gasteiger partial charge on any atom is 0.313 e. The molecule has 0 aliphatic heterocycles. The van der Waals surface area contributed by atoms with Gasteiger partial charge in [-0.15, -0.1) is 0 Å². The maximum atomic E-state index is 12.0. The van der Waals surface area contributed by atoms with Gasteiger partial charge in [-0.1, -0.05) is 30.5 Å². The number of aryl methyl sites for hydroxylation is 1. The maximum absolute atomic E-state index is 12.0. The van der Waals surface area contributed by atoms with Crippen LogP contribution in [0.4, 0.5) is 5.69 Å². The molecule has 5 nitrogen and oxygen atoms in total. The lowest BCUT2D eigenvalue weighted by atomic mass is 9.85. The van der Waals surface area contributed by atoms with E-state index in [-0.39, 0.29) is 18.6 Å². The molecule has 6 heteroatoms. The first-order chi connectivity index (χ1) is 10.5. The van der Waals surface area contributed by atoms with Gasteiger partial charge in [0.15, 0.2) is 0 Å². The minimum atomic E-state index is -0.741. The number of hydrogen-bond donors (Lipinski definition) is 3. The van der Waals surface area contributed by atoms with Crippen molar-refractivity contribution in [3.63, 3.8) is 0 Å². The summed E-state index contributed by atoms with van der Waals surface area (Å²) >= 11 is 6.00. The van der Waals surface area contributed by atoms with E-state index in [1.54, 1.807) is 12.1 Å². The van der Waals surface area contributed by atoms with Gasteiger partial charge in [0, 0.05) is 18.6 Å². The summed E-state index contributed by atoms with van der Waals surface area (Å²) in [5, 5.41) is 15.0. The second-order valence-electron chi connectivity index (χ2n) is 5.74. The fraction of sp³-hybridized carbons (Fsp3) is 0.500. The Kier molecular flexibility index (Phi) is 5.80. The zero-order chi connectivity index (χ0) is 16.1. The lowest BCUT2D eigenvalue weighted by Gasteiger charge is -2.30. The summed E-state index contributed by atoms with van der Waals surface area (Å²) < 4.78 is 0. The molecule has 2 amide bonds. The van der Waals surface area contributed by atoms with Crippen molar-refractivity contribution >= 4 is 29.1 Å². The normalized spacial score (nSPS) is 21.2. The monoisotopic (exact) mass is 324 g/mol. The summed E-state index contributed by atoms with van der Waals surface area (Å²) in [7, 11) is 0. The van der Waals surface area contributed by atoms with Crippen molar-refractivity contribution < 1.29 is 14.7 Å². The predicted molar refractivity (Wildman–Crippen MR) is 85.8 cm³/mol. The Labute approximate surface area is 135 Å². The van der Waals surface area contributed by atoms with E-state index in [0.717, 1.165) is 31.2 Å². The molecule has 0 bridgehead atoms. The van der Waals surface area contributed by atoms with Crippen LogP contribution in [0.2, 0.25) is 5.02 Å². The summed E-state index contributed by atoms with van der Waals surface area (Å²) in [5.41, 5.74) is 1.36. The van der Waals surface area contributed by atoms with E-state index < -0.39 is 11.8 Å². The zero-order valence-electron chi connectivity index (χ0n) is 12.6. The van der Waals surface area contributed by atoms with E-state index in [2.05, 4.69) is 10.6 Å². The van der Waals surface area contributed by atoms with Crippen LogP contribution in [-0.4, -0.2) is 29.6 Å². The molecule has 1 aromatic carbocycles. The molecule has 0 radical (unpaired) electrons. The van der Waals surface area contributed by atoms with Gasteiger partial charge in [0.2, 0.25) is 0 Å². The highest BCUT2D eigenvalue weighted by Gasteiger charge is 2.28. The SMILES string of the molecule is Cc1ccc(Cl)c(NC(=O)C(=O)NC2CCCCC2CO)c1. The van der Waals surface area contributed by atoms with Crippen molar-refractivity contribution in [1.29, 1.82) is 0 Å². The number of hydrogen-bond acceptors (Lipinski definition) is 3. The number of carbonyl (C=O) groups is 2. The summed E-state index contributed by atoms with van der Waals surface area (Å²) in [4.78, 5) is 24.0. The highest BCUT2D eigenvalue weighted by molar-refractivity contribution is 6.41. The van der Waals surface area contributed by atoms with Gasteiger partial charge >= 0.3 is 11.8 Å². The minimum Gasteiger partial charge on any atom is -0.396 e. The zero-order valence-corrected chi connectivity index (χ0v) is 13.3. The number of carbonyl (C=O) groups excluding carboxylic acids is 2. The first-order valence-corrected chi connectivity index (χ1v) is 7.88. The molecule has 1 fully saturated rings. The lowest BCUT2D eigenvalue weighted by molar-refractivity contribution is -0.137. The summed E-state index contributed by atoms with van der Waals surface area (Å²) in [6.07, 6.45) is 3.69. The molecule has 120 valence electrons. The average Bonchev–Trinajstić information content (AvgIpc) is 2.51. The molecule has 2 rings (SSSR count). The van der Waals surface area contributed by atoms with Crippen molar-refractivity contribution in [2.45, 2.75) is 38.6 Å². The second kappa shape index (κ2) is 7.61. The van der Waals surface area contributed by atoms with Gasteiger partial charge < -0.3 is 15.7 Å². The number of halogens is 1. The minimum absolute atomic E-state index is 0.0213. The van der Waals surface area contributed by atoms with E-state index in [1.807, 2.05) is 13.0 Å². The quantitative estimate of drug-likeness (QED) is 0.746. The van der Waals surface area contributed by atoms with Crippen molar-refractivity contribution in [2.75, 3.05) is 11.9 Å². The van der Waals surface area contributed by atoms with Gasteiger partial charge in [-0.25, -0.2) is 0 Å². The van der Waals surface area contributed by atoms with Gasteiger partial charge in [-0.3, -0.25) is 9.59 Å². The molecule has 3 N–H and O–H groups in total. The second-order valence-corrected chi connectivity index (χ2v) is 6.15. The summed E-state index contributed by atoms with van der Waals surface area (Å²) in [6, 6.07) is 5.06. The van der Waals surface area contributed by atoms with Crippen LogP contribution in [0.15, 0.2) is 18.2 Å². The predicted octanol–water partition coefficient (Wildman–Crippen LogP) is 2.25. The number of rotatable bonds is 3. The molecule has 1 aliphatic rings. The smallest absolute Gasteiger partial charge is 0.313 e. The van der Waals surface area contributed by atoms with Crippen LogP contribution >= 0.6 is 11.6 Å². The van der Waals surface area contributed by atoms with Crippen molar-refractivity contribution in [3.8, 4) is 0 Å². The Morgan fingerprint density at radius 1 is 1.27 bits per heavy atom. The Morgan fingerprint density at radius 2 is 2.00 bits per heavy atom. The molecule has 2 unspecified atom stereocenters. The fourth-order valence-corrected chi connectivity index (χ4v) is 2.93. The van der Waals surface area contributed by atoms with Crippen LogP contribution in [0, 0.1) is 12.8 Å². The highest BCUT2D eigenvalue weighted by Crippen LogP contribution is 2.24. The molecule has 1 aliphatic carbocycles. The third-order valence-corrected chi connectivity index (χ3v) is 4.37. The van der Waals surface area contributed by atoms with Gasteiger partial charge in [0.05, 0.1) is 10.7 Å². The molecular formula is C16H21ClN2O3.